The molecule has 0 amide bonds. The largest absolute Gasteiger partial charge is 0.345 e. The van der Waals surface area contributed by atoms with Crippen LogP contribution >= 0.6 is 0 Å². The highest BCUT2D eigenvalue weighted by Crippen LogP contribution is 2.25. The lowest BCUT2D eigenvalue weighted by Gasteiger charge is -2.06. The van der Waals surface area contributed by atoms with Crippen molar-refractivity contribution in [3.05, 3.63) is 46.2 Å². The molecule has 0 aliphatic rings. The lowest BCUT2D eigenvalue weighted by molar-refractivity contribution is 0.660. The fourth-order valence-electron chi connectivity index (χ4n) is 2.72. The summed E-state index contributed by atoms with van der Waals surface area (Å²) in [6.45, 7) is 5.06. The number of rotatable bonds is 3. The molecule has 3 heteroatoms. The number of benzene rings is 1. The number of unbranched alkanes of at least 4 members (excludes halogenated alkanes) is 1. The number of aromatic nitrogens is 2. The molecule has 0 aliphatic carbocycles. The normalized spacial score (nSPS) is 11.5. The van der Waals surface area contributed by atoms with Gasteiger partial charge in [-0.1, -0.05) is 31.5 Å². The predicted octanol–water partition coefficient (Wildman–Crippen LogP) is 3.59. The van der Waals surface area contributed by atoms with Crippen LogP contribution in [0.2, 0.25) is 0 Å². The van der Waals surface area contributed by atoms with Crippen molar-refractivity contribution in [2.24, 2.45) is 0 Å². The molecule has 0 radical (unpaired) electrons. The van der Waals surface area contributed by atoms with Crippen LogP contribution in [0.4, 0.5) is 0 Å². The molecule has 3 rings (SSSR count). The molecule has 3 aromatic rings. The molecule has 1 aromatic carbocycles. The molecule has 0 bridgehead atoms. The molecule has 0 unspecified atom stereocenters. The number of aromatic amines is 1. The first-order valence-corrected chi connectivity index (χ1v) is 6.83. The average molecular weight is 254 g/mol. The van der Waals surface area contributed by atoms with Gasteiger partial charge in [0.25, 0.3) is 0 Å². The summed E-state index contributed by atoms with van der Waals surface area (Å²) < 4.78 is 2.24. The standard InChI is InChI=1S/C16H18N2O/c1-3-4-9-18-13-8-6-5-7-12(13)15-14(19)10-11(2)17-16(15)18/h5-8,10H,3-4,9H2,1-2H3,(H,17,19). The molecular weight excluding hydrogens is 236 g/mol. The van der Waals surface area contributed by atoms with Crippen molar-refractivity contribution >= 4 is 21.9 Å². The van der Waals surface area contributed by atoms with Crippen LogP contribution in [-0.2, 0) is 6.54 Å². The summed E-state index contributed by atoms with van der Waals surface area (Å²) >= 11 is 0. The number of nitrogens with zero attached hydrogens (tertiary/aromatic N) is 1. The summed E-state index contributed by atoms with van der Waals surface area (Å²) in [5.74, 6) is 0. The molecule has 19 heavy (non-hydrogen) atoms. The quantitative estimate of drug-likeness (QED) is 0.762. The van der Waals surface area contributed by atoms with E-state index in [0.29, 0.717) is 0 Å². The van der Waals surface area contributed by atoms with Gasteiger partial charge in [0.05, 0.1) is 10.9 Å². The highest BCUT2D eigenvalue weighted by atomic mass is 16.1. The predicted molar refractivity (Wildman–Crippen MR) is 79.7 cm³/mol. The van der Waals surface area contributed by atoms with Gasteiger partial charge in [0, 0.05) is 23.7 Å². The molecule has 2 heterocycles. The van der Waals surface area contributed by atoms with Crippen LogP contribution in [0.15, 0.2) is 35.1 Å². The van der Waals surface area contributed by atoms with E-state index in [1.807, 2.05) is 25.1 Å². The zero-order valence-electron chi connectivity index (χ0n) is 11.4. The molecule has 0 aliphatic heterocycles. The van der Waals surface area contributed by atoms with E-state index in [2.05, 4.69) is 22.5 Å². The van der Waals surface area contributed by atoms with Gasteiger partial charge < -0.3 is 9.55 Å². The van der Waals surface area contributed by atoms with Gasteiger partial charge >= 0.3 is 0 Å². The molecule has 0 saturated heterocycles. The van der Waals surface area contributed by atoms with Gasteiger partial charge in [-0.25, -0.2) is 0 Å². The van der Waals surface area contributed by atoms with Crippen LogP contribution in [-0.4, -0.2) is 9.55 Å². The number of hydrogen-bond acceptors (Lipinski definition) is 1. The second-order valence-electron chi connectivity index (χ2n) is 5.06. The minimum atomic E-state index is 0.109. The second kappa shape index (κ2) is 4.57. The SMILES string of the molecule is CCCCn1c2ccccc2c2c(=O)cc(C)[nH]c21. The van der Waals surface area contributed by atoms with Crippen molar-refractivity contribution < 1.29 is 0 Å². The Morgan fingerprint density at radius 3 is 2.84 bits per heavy atom. The zero-order chi connectivity index (χ0) is 13.4. The molecule has 0 fully saturated rings. The molecular formula is C16H18N2O. The van der Waals surface area contributed by atoms with Gasteiger partial charge in [-0.15, -0.1) is 0 Å². The summed E-state index contributed by atoms with van der Waals surface area (Å²) in [4.78, 5) is 15.6. The summed E-state index contributed by atoms with van der Waals surface area (Å²) in [6.07, 6.45) is 2.26. The molecule has 0 atom stereocenters. The molecule has 98 valence electrons. The van der Waals surface area contributed by atoms with E-state index < -0.39 is 0 Å². The maximum atomic E-state index is 12.3. The fourth-order valence-corrected chi connectivity index (χ4v) is 2.72. The Morgan fingerprint density at radius 2 is 2.05 bits per heavy atom. The van der Waals surface area contributed by atoms with Crippen molar-refractivity contribution in [2.45, 2.75) is 33.2 Å². The van der Waals surface area contributed by atoms with E-state index in [1.165, 1.54) is 0 Å². The third-order valence-electron chi connectivity index (χ3n) is 3.62. The maximum Gasteiger partial charge on any atom is 0.191 e. The summed E-state index contributed by atoms with van der Waals surface area (Å²) in [6, 6.07) is 9.82. The summed E-state index contributed by atoms with van der Waals surface area (Å²) in [7, 11) is 0. The highest BCUT2D eigenvalue weighted by Gasteiger charge is 2.13. The van der Waals surface area contributed by atoms with Gasteiger partial charge in [-0.2, -0.15) is 0 Å². The number of fused-ring (bicyclic) bond motifs is 3. The number of hydrogen-bond donors (Lipinski definition) is 1. The van der Waals surface area contributed by atoms with Crippen molar-refractivity contribution in [1.29, 1.82) is 0 Å². The maximum absolute atomic E-state index is 12.3. The topological polar surface area (TPSA) is 37.8 Å². The van der Waals surface area contributed by atoms with E-state index >= 15 is 0 Å². The Morgan fingerprint density at radius 1 is 1.26 bits per heavy atom. The van der Waals surface area contributed by atoms with Gasteiger partial charge in [0.1, 0.15) is 5.65 Å². The summed E-state index contributed by atoms with van der Waals surface area (Å²) in [5, 5.41) is 1.87. The monoisotopic (exact) mass is 254 g/mol. The van der Waals surface area contributed by atoms with E-state index in [-0.39, 0.29) is 5.43 Å². The van der Waals surface area contributed by atoms with Crippen LogP contribution < -0.4 is 5.43 Å². The van der Waals surface area contributed by atoms with Crippen LogP contribution in [0, 0.1) is 6.92 Å². The van der Waals surface area contributed by atoms with Crippen LogP contribution in [0.1, 0.15) is 25.5 Å². The summed E-state index contributed by atoms with van der Waals surface area (Å²) in [5.41, 5.74) is 3.13. The first-order chi connectivity index (χ1) is 9.22. The van der Waals surface area contributed by atoms with Crippen LogP contribution in [0.5, 0.6) is 0 Å². The number of H-pyrrole nitrogens is 1. The minimum absolute atomic E-state index is 0.109. The number of nitrogens with one attached hydrogen (secondary N) is 1. The van der Waals surface area contributed by atoms with Gasteiger partial charge in [-0.3, -0.25) is 4.79 Å². The average Bonchev–Trinajstić information content (AvgIpc) is 2.70. The van der Waals surface area contributed by atoms with Gasteiger partial charge in [-0.05, 0) is 19.4 Å². The first kappa shape index (κ1) is 12.0. The van der Waals surface area contributed by atoms with Crippen LogP contribution in [0.25, 0.3) is 21.9 Å². The van der Waals surface area contributed by atoms with Gasteiger partial charge in [0.15, 0.2) is 5.43 Å². The van der Waals surface area contributed by atoms with E-state index in [0.717, 1.165) is 47.0 Å². The van der Waals surface area contributed by atoms with E-state index in [1.54, 1.807) is 6.07 Å². The Kier molecular flexibility index (Phi) is 2.90. The highest BCUT2D eigenvalue weighted by molar-refractivity contribution is 6.06. The smallest absolute Gasteiger partial charge is 0.191 e. The third-order valence-corrected chi connectivity index (χ3v) is 3.62. The van der Waals surface area contributed by atoms with Crippen LogP contribution in [0.3, 0.4) is 0 Å². The fraction of sp³-hybridized carbons (Fsp3) is 0.312. The van der Waals surface area contributed by atoms with E-state index in [4.69, 9.17) is 0 Å². The Bertz CT molecular complexity index is 795. The van der Waals surface area contributed by atoms with Gasteiger partial charge in [0.2, 0.25) is 0 Å². The number of aryl methyl sites for hydroxylation is 2. The third kappa shape index (κ3) is 1.86. The van der Waals surface area contributed by atoms with Crippen molar-refractivity contribution in [1.82, 2.24) is 9.55 Å². The van der Waals surface area contributed by atoms with Crippen molar-refractivity contribution in [3.8, 4) is 0 Å². The lowest BCUT2D eigenvalue weighted by atomic mass is 10.2. The second-order valence-corrected chi connectivity index (χ2v) is 5.06. The molecule has 0 saturated carbocycles. The molecule has 2 aromatic heterocycles. The Hall–Kier alpha value is -2.03. The number of pyridine rings is 1. The van der Waals surface area contributed by atoms with Crippen molar-refractivity contribution in [2.75, 3.05) is 0 Å². The van der Waals surface area contributed by atoms with Crippen molar-refractivity contribution in [3.63, 3.8) is 0 Å². The number of para-hydroxylation sites is 1. The first-order valence-electron chi connectivity index (χ1n) is 6.83. The molecule has 0 spiro atoms. The molecule has 1 N–H and O–H groups in total. The Balaban J connectivity index is 2.45. The molecule has 3 nitrogen and oxygen atoms in total. The minimum Gasteiger partial charge on any atom is -0.345 e. The zero-order valence-corrected chi connectivity index (χ0v) is 11.4. The Labute approximate surface area is 111 Å². The lowest BCUT2D eigenvalue weighted by Crippen LogP contribution is -2.05. The van der Waals surface area contributed by atoms with E-state index in [9.17, 15) is 4.79 Å².